The summed E-state index contributed by atoms with van der Waals surface area (Å²) in [7, 11) is 0. The van der Waals surface area contributed by atoms with E-state index in [-0.39, 0.29) is 0 Å². The Morgan fingerprint density at radius 2 is 2.56 bits per heavy atom. The van der Waals surface area contributed by atoms with Crippen LogP contribution in [0.25, 0.3) is 0 Å². The lowest BCUT2D eigenvalue weighted by Crippen LogP contribution is -2.33. The maximum atomic E-state index is 3.13. The molecule has 1 atom stereocenters. The minimum atomic E-state index is 0.554. The molecule has 1 fully saturated rings. The lowest BCUT2D eigenvalue weighted by molar-refractivity contribution is 0.508. The first-order valence-electron chi connectivity index (χ1n) is 3.43. The van der Waals surface area contributed by atoms with Crippen molar-refractivity contribution >= 4 is 0 Å². The molecule has 1 unspecified atom stereocenters. The van der Waals surface area contributed by atoms with Crippen molar-refractivity contribution in [2.75, 3.05) is 0 Å². The number of allylic oxidation sites excluding steroid dienone is 1. The van der Waals surface area contributed by atoms with Crippen LogP contribution in [0.2, 0.25) is 0 Å². The van der Waals surface area contributed by atoms with Crippen LogP contribution in [0.4, 0.5) is 0 Å². The van der Waals surface area contributed by atoms with Crippen molar-refractivity contribution in [1.82, 2.24) is 16.4 Å². The molecule has 2 aliphatic rings. The number of hydrogen-bond donors (Lipinski definition) is 3. The van der Waals surface area contributed by atoms with Crippen molar-refractivity contribution in [2.45, 2.75) is 25.3 Å². The summed E-state index contributed by atoms with van der Waals surface area (Å²) < 4.78 is 0. The van der Waals surface area contributed by atoms with Crippen LogP contribution in [0.3, 0.4) is 0 Å². The Morgan fingerprint density at radius 3 is 3.44 bits per heavy atom. The molecular weight excluding hydrogens is 114 g/mol. The summed E-state index contributed by atoms with van der Waals surface area (Å²) in [5.74, 6) is 0. The van der Waals surface area contributed by atoms with Gasteiger partial charge in [-0.15, -0.1) is 0 Å². The van der Waals surface area contributed by atoms with Crippen LogP contribution in [0.1, 0.15) is 19.3 Å². The van der Waals surface area contributed by atoms with Gasteiger partial charge in [0.15, 0.2) is 0 Å². The average molecular weight is 125 g/mol. The monoisotopic (exact) mass is 125 g/mol. The molecule has 3 nitrogen and oxygen atoms in total. The third-order valence-corrected chi connectivity index (χ3v) is 1.89. The fourth-order valence-electron chi connectivity index (χ4n) is 1.36. The molecule has 1 saturated heterocycles. The van der Waals surface area contributed by atoms with Gasteiger partial charge in [0.25, 0.3) is 0 Å². The first-order valence-corrected chi connectivity index (χ1v) is 3.43. The number of fused-ring (bicyclic) bond motifs is 1. The van der Waals surface area contributed by atoms with Crippen LogP contribution in [0.5, 0.6) is 0 Å². The van der Waals surface area contributed by atoms with Crippen LogP contribution in [-0.4, -0.2) is 6.04 Å². The molecule has 0 amide bonds. The number of rotatable bonds is 0. The predicted octanol–water partition coefficient (Wildman–Crippen LogP) is 0.0352. The van der Waals surface area contributed by atoms with Crippen LogP contribution < -0.4 is 16.4 Å². The first kappa shape index (κ1) is 5.26. The maximum absolute atomic E-state index is 3.13. The topological polar surface area (TPSA) is 36.1 Å². The Balaban J connectivity index is 2.16. The molecule has 9 heavy (non-hydrogen) atoms. The van der Waals surface area contributed by atoms with Gasteiger partial charge in [-0.2, -0.15) is 5.53 Å². The Morgan fingerprint density at radius 1 is 1.56 bits per heavy atom. The first-order chi connectivity index (χ1) is 4.47. The quantitative estimate of drug-likeness (QED) is 0.427. The van der Waals surface area contributed by atoms with Crippen LogP contribution in [0, 0.1) is 0 Å². The highest BCUT2D eigenvalue weighted by Gasteiger charge is 2.20. The minimum absolute atomic E-state index is 0.554. The molecule has 1 heterocycles. The molecule has 1 aliphatic carbocycles. The Labute approximate surface area is 54.5 Å². The molecule has 3 heteroatoms. The molecule has 0 radical (unpaired) electrons. The van der Waals surface area contributed by atoms with E-state index in [1.54, 1.807) is 0 Å². The zero-order valence-electron chi connectivity index (χ0n) is 5.28. The summed E-state index contributed by atoms with van der Waals surface area (Å²) in [5, 5.41) is 0. The van der Waals surface area contributed by atoms with Crippen molar-refractivity contribution in [2.24, 2.45) is 0 Å². The standard InChI is InChI=1S/C6H11N3/c1-2-4-6-5(3-1)7-9-8-6/h3,6-9H,1-2,4H2. The van der Waals surface area contributed by atoms with Gasteiger partial charge < -0.3 is 5.43 Å². The van der Waals surface area contributed by atoms with Crippen molar-refractivity contribution in [3.8, 4) is 0 Å². The van der Waals surface area contributed by atoms with E-state index < -0.39 is 0 Å². The second kappa shape index (κ2) is 2.01. The maximum Gasteiger partial charge on any atom is 0.0637 e. The van der Waals surface area contributed by atoms with Crippen LogP contribution in [-0.2, 0) is 0 Å². The molecule has 2 rings (SSSR count). The Bertz CT molecular complexity index is 141. The van der Waals surface area contributed by atoms with E-state index in [1.165, 1.54) is 25.0 Å². The predicted molar refractivity (Wildman–Crippen MR) is 35.1 cm³/mol. The molecule has 0 aromatic rings. The lowest BCUT2D eigenvalue weighted by atomic mass is 10.0. The molecule has 0 aromatic carbocycles. The van der Waals surface area contributed by atoms with E-state index in [1.807, 2.05) is 0 Å². The third kappa shape index (κ3) is 0.821. The normalized spacial score (nSPS) is 32.9. The fourth-order valence-corrected chi connectivity index (χ4v) is 1.36. The lowest BCUT2D eigenvalue weighted by Gasteiger charge is -2.13. The van der Waals surface area contributed by atoms with E-state index in [4.69, 9.17) is 0 Å². The average Bonchev–Trinajstić information content (AvgIpc) is 2.33. The molecule has 3 N–H and O–H groups in total. The third-order valence-electron chi connectivity index (χ3n) is 1.89. The van der Waals surface area contributed by atoms with Gasteiger partial charge in [-0.1, -0.05) is 6.08 Å². The molecule has 0 spiro atoms. The SMILES string of the molecule is C1=C2NNNC2CCC1. The molecule has 0 saturated carbocycles. The zero-order chi connectivity index (χ0) is 6.10. The highest BCUT2D eigenvalue weighted by molar-refractivity contribution is 5.13. The van der Waals surface area contributed by atoms with Gasteiger partial charge in [0.2, 0.25) is 0 Å². The number of nitrogens with one attached hydrogen (secondary N) is 3. The van der Waals surface area contributed by atoms with Crippen LogP contribution in [0.15, 0.2) is 11.8 Å². The Hall–Kier alpha value is -0.540. The largest absolute Gasteiger partial charge is 0.311 e. The smallest absolute Gasteiger partial charge is 0.0637 e. The van der Waals surface area contributed by atoms with Gasteiger partial charge >= 0.3 is 0 Å². The minimum Gasteiger partial charge on any atom is -0.311 e. The van der Waals surface area contributed by atoms with Gasteiger partial charge in [0.05, 0.1) is 6.04 Å². The van der Waals surface area contributed by atoms with Crippen molar-refractivity contribution in [3.63, 3.8) is 0 Å². The van der Waals surface area contributed by atoms with E-state index in [2.05, 4.69) is 22.5 Å². The summed E-state index contributed by atoms with van der Waals surface area (Å²) in [6.45, 7) is 0. The molecule has 0 bridgehead atoms. The fraction of sp³-hybridized carbons (Fsp3) is 0.667. The zero-order valence-corrected chi connectivity index (χ0v) is 5.28. The molecule has 0 aromatic heterocycles. The van der Waals surface area contributed by atoms with Crippen molar-refractivity contribution in [3.05, 3.63) is 11.8 Å². The van der Waals surface area contributed by atoms with Gasteiger partial charge in [0, 0.05) is 5.70 Å². The molecule has 1 aliphatic heterocycles. The van der Waals surface area contributed by atoms with E-state index >= 15 is 0 Å². The van der Waals surface area contributed by atoms with Crippen molar-refractivity contribution < 1.29 is 0 Å². The van der Waals surface area contributed by atoms with Gasteiger partial charge in [-0.3, -0.25) is 0 Å². The Kier molecular flexibility index (Phi) is 1.17. The summed E-state index contributed by atoms with van der Waals surface area (Å²) in [6.07, 6.45) is 6.04. The number of hydrogen-bond acceptors (Lipinski definition) is 3. The van der Waals surface area contributed by atoms with E-state index in [0.717, 1.165) is 0 Å². The summed E-state index contributed by atoms with van der Waals surface area (Å²) in [4.78, 5) is 0. The second-order valence-electron chi connectivity index (χ2n) is 2.54. The highest BCUT2D eigenvalue weighted by atomic mass is 15.6. The number of hydrazine groups is 2. The van der Waals surface area contributed by atoms with Crippen LogP contribution >= 0.6 is 0 Å². The summed E-state index contributed by atoms with van der Waals surface area (Å²) in [5.41, 5.74) is 10.4. The second-order valence-corrected chi connectivity index (χ2v) is 2.54. The van der Waals surface area contributed by atoms with E-state index in [0.29, 0.717) is 6.04 Å². The van der Waals surface area contributed by atoms with Crippen molar-refractivity contribution in [1.29, 1.82) is 0 Å². The summed E-state index contributed by atoms with van der Waals surface area (Å²) >= 11 is 0. The van der Waals surface area contributed by atoms with Gasteiger partial charge in [0.1, 0.15) is 0 Å². The highest BCUT2D eigenvalue weighted by Crippen LogP contribution is 2.16. The molecule has 50 valence electrons. The van der Waals surface area contributed by atoms with Gasteiger partial charge in [-0.05, 0) is 19.3 Å². The molecular formula is C6H11N3. The summed E-state index contributed by atoms with van der Waals surface area (Å²) in [6, 6.07) is 0.554. The van der Waals surface area contributed by atoms with E-state index in [9.17, 15) is 0 Å². The van der Waals surface area contributed by atoms with Gasteiger partial charge in [-0.25, -0.2) is 5.43 Å².